The van der Waals surface area contributed by atoms with Crippen LogP contribution >= 0.6 is 0 Å². The minimum Gasteiger partial charge on any atom is -0.392 e. The molecular weight excluding hydrogens is 154 g/mol. The zero-order chi connectivity index (χ0) is 9.14. The molecule has 0 amide bonds. The zero-order valence-electron chi connectivity index (χ0n) is 8.16. The molecular formula is C9H19NO2. The van der Waals surface area contributed by atoms with Gasteiger partial charge in [-0.25, -0.2) is 0 Å². The maximum Gasteiger partial charge on any atom is 0.0674 e. The van der Waals surface area contributed by atoms with Crippen LogP contribution in [0.5, 0.6) is 0 Å². The summed E-state index contributed by atoms with van der Waals surface area (Å²) in [6, 6.07) is 0.247. The van der Waals surface area contributed by atoms with Gasteiger partial charge in [-0.1, -0.05) is 0 Å². The summed E-state index contributed by atoms with van der Waals surface area (Å²) >= 11 is 0. The van der Waals surface area contributed by atoms with Crippen molar-refractivity contribution in [3.8, 4) is 0 Å². The van der Waals surface area contributed by atoms with Gasteiger partial charge in [-0.3, -0.25) is 4.90 Å². The molecule has 12 heavy (non-hydrogen) atoms. The number of aliphatic hydroxyl groups excluding tert-OH is 1. The van der Waals surface area contributed by atoms with E-state index in [2.05, 4.69) is 18.7 Å². The molecule has 72 valence electrons. The molecule has 0 aromatic rings. The molecule has 0 spiro atoms. The van der Waals surface area contributed by atoms with Gasteiger partial charge in [-0.05, 0) is 20.8 Å². The molecule has 0 aromatic carbocycles. The van der Waals surface area contributed by atoms with Crippen LogP contribution in [0, 0.1) is 0 Å². The average molecular weight is 173 g/mol. The van der Waals surface area contributed by atoms with Crippen molar-refractivity contribution < 1.29 is 9.84 Å². The molecule has 0 aromatic heterocycles. The molecule has 1 rings (SSSR count). The Morgan fingerprint density at radius 2 is 2.17 bits per heavy atom. The van der Waals surface area contributed by atoms with Crippen molar-refractivity contribution in [2.75, 3.05) is 19.7 Å². The minimum atomic E-state index is -0.254. The molecule has 1 N–H and O–H groups in total. The fourth-order valence-corrected chi connectivity index (χ4v) is 1.52. The lowest BCUT2D eigenvalue weighted by Gasteiger charge is -2.36. The maximum atomic E-state index is 9.38. The first-order valence-corrected chi connectivity index (χ1v) is 4.65. The summed E-state index contributed by atoms with van der Waals surface area (Å²) in [5.74, 6) is 0. The molecule has 3 heteroatoms. The Hall–Kier alpha value is -0.120. The standard InChI is InChI=1S/C9H19NO2/c1-7-6-10(4-5-12-7)8(2)9(3)11/h7-9,11H,4-6H2,1-3H3/t7-,8?,9?/m0/s1. The second-order valence-electron chi connectivity index (χ2n) is 3.66. The SMILES string of the molecule is CC(O)C(C)N1CCO[C@@H](C)C1. The third-order valence-corrected chi connectivity index (χ3v) is 2.55. The molecule has 0 aliphatic carbocycles. The molecule has 0 bridgehead atoms. The van der Waals surface area contributed by atoms with Crippen LogP contribution in [0.25, 0.3) is 0 Å². The number of nitrogens with zero attached hydrogens (tertiary/aromatic N) is 1. The Bertz CT molecular complexity index is 138. The van der Waals surface area contributed by atoms with Crippen molar-refractivity contribution in [1.29, 1.82) is 0 Å². The second kappa shape index (κ2) is 4.21. The Morgan fingerprint density at radius 1 is 1.50 bits per heavy atom. The molecule has 0 radical (unpaired) electrons. The summed E-state index contributed by atoms with van der Waals surface area (Å²) in [4.78, 5) is 2.28. The summed E-state index contributed by atoms with van der Waals surface area (Å²) in [6.07, 6.45) is 0.0512. The number of aliphatic hydroxyl groups is 1. The predicted molar refractivity (Wildman–Crippen MR) is 48.1 cm³/mol. The molecule has 3 atom stereocenters. The fraction of sp³-hybridized carbons (Fsp3) is 1.00. The van der Waals surface area contributed by atoms with Crippen molar-refractivity contribution in [2.24, 2.45) is 0 Å². The van der Waals surface area contributed by atoms with Gasteiger partial charge in [0.1, 0.15) is 0 Å². The summed E-state index contributed by atoms with van der Waals surface area (Å²) in [5.41, 5.74) is 0. The Morgan fingerprint density at radius 3 is 2.67 bits per heavy atom. The van der Waals surface area contributed by atoms with E-state index in [1.165, 1.54) is 0 Å². The highest BCUT2D eigenvalue weighted by molar-refractivity contribution is 4.76. The topological polar surface area (TPSA) is 32.7 Å². The van der Waals surface area contributed by atoms with Gasteiger partial charge in [-0.2, -0.15) is 0 Å². The van der Waals surface area contributed by atoms with E-state index >= 15 is 0 Å². The van der Waals surface area contributed by atoms with E-state index in [-0.39, 0.29) is 12.1 Å². The van der Waals surface area contributed by atoms with Crippen LogP contribution in [0.3, 0.4) is 0 Å². The van der Waals surface area contributed by atoms with E-state index in [0.29, 0.717) is 6.10 Å². The van der Waals surface area contributed by atoms with Crippen molar-refractivity contribution in [3.63, 3.8) is 0 Å². The van der Waals surface area contributed by atoms with Gasteiger partial charge < -0.3 is 9.84 Å². The highest BCUT2D eigenvalue weighted by Crippen LogP contribution is 2.10. The number of rotatable bonds is 2. The van der Waals surface area contributed by atoms with Gasteiger partial charge in [0.2, 0.25) is 0 Å². The smallest absolute Gasteiger partial charge is 0.0674 e. The molecule has 1 fully saturated rings. The first-order valence-electron chi connectivity index (χ1n) is 4.65. The highest BCUT2D eigenvalue weighted by Gasteiger charge is 2.23. The number of hydrogen-bond acceptors (Lipinski definition) is 3. The van der Waals surface area contributed by atoms with Gasteiger partial charge >= 0.3 is 0 Å². The highest BCUT2D eigenvalue weighted by atomic mass is 16.5. The van der Waals surface area contributed by atoms with Crippen LogP contribution in [0.2, 0.25) is 0 Å². The zero-order valence-corrected chi connectivity index (χ0v) is 8.16. The summed E-state index contributed by atoms with van der Waals surface area (Å²) in [6.45, 7) is 8.63. The third kappa shape index (κ3) is 2.44. The van der Waals surface area contributed by atoms with Gasteiger partial charge in [0.05, 0.1) is 18.8 Å². The Kier molecular flexibility index (Phi) is 3.50. The molecule has 1 heterocycles. The number of ether oxygens (including phenoxy) is 1. The second-order valence-corrected chi connectivity index (χ2v) is 3.66. The van der Waals surface area contributed by atoms with E-state index in [1.54, 1.807) is 0 Å². The van der Waals surface area contributed by atoms with Gasteiger partial charge in [0.15, 0.2) is 0 Å². The molecule has 1 aliphatic heterocycles. The predicted octanol–water partition coefficient (Wildman–Crippen LogP) is 0.476. The molecule has 3 nitrogen and oxygen atoms in total. The monoisotopic (exact) mass is 173 g/mol. The van der Waals surface area contributed by atoms with E-state index in [1.807, 2.05) is 6.92 Å². The molecule has 2 unspecified atom stereocenters. The van der Waals surface area contributed by atoms with Crippen molar-refractivity contribution in [1.82, 2.24) is 4.90 Å². The number of hydrogen-bond donors (Lipinski definition) is 1. The fourth-order valence-electron chi connectivity index (χ4n) is 1.52. The van der Waals surface area contributed by atoms with Crippen LogP contribution in [0.1, 0.15) is 20.8 Å². The lowest BCUT2D eigenvalue weighted by Crippen LogP contribution is -2.49. The van der Waals surface area contributed by atoms with Gasteiger partial charge in [-0.15, -0.1) is 0 Å². The Labute approximate surface area is 74.3 Å². The average Bonchev–Trinajstić information content (AvgIpc) is 2.03. The maximum absolute atomic E-state index is 9.38. The lowest BCUT2D eigenvalue weighted by molar-refractivity contribution is -0.0505. The largest absolute Gasteiger partial charge is 0.392 e. The summed E-state index contributed by atoms with van der Waals surface area (Å²) < 4.78 is 5.41. The number of morpholine rings is 1. The van der Waals surface area contributed by atoms with Crippen LogP contribution < -0.4 is 0 Å². The van der Waals surface area contributed by atoms with Crippen LogP contribution in [0.4, 0.5) is 0 Å². The van der Waals surface area contributed by atoms with Gasteiger partial charge in [0, 0.05) is 19.1 Å². The quantitative estimate of drug-likeness (QED) is 0.659. The Balaban J connectivity index is 2.40. The van der Waals surface area contributed by atoms with Crippen LogP contribution in [-0.4, -0.2) is 48.0 Å². The summed E-state index contributed by atoms with van der Waals surface area (Å²) in [7, 11) is 0. The van der Waals surface area contributed by atoms with Crippen molar-refractivity contribution in [2.45, 2.75) is 39.0 Å². The van der Waals surface area contributed by atoms with E-state index < -0.39 is 0 Å². The van der Waals surface area contributed by atoms with Crippen molar-refractivity contribution in [3.05, 3.63) is 0 Å². The molecule has 0 saturated carbocycles. The third-order valence-electron chi connectivity index (χ3n) is 2.55. The molecule has 1 aliphatic rings. The van der Waals surface area contributed by atoms with Gasteiger partial charge in [0.25, 0.3) is 0 Å². The van der Waals surface area contributed by atoms with Crippen LogP contribution in [-0.2, 0) is 4.74 Å². The van der Waals surface area contributed by atoms with Crippen LogP contribution in [0.15, 0.2) is 0 Å². The normalized spacial score (nSPS) is 31.5. The lowest BCUT2D eigenvalue weighted by atomic mass is 10.1. The molecule has 1 saturated heterocycles. The van der Waals surface area contributed by atoms with E-state index in [9.17, 15) is 5.11 Å². The minimum absolute atomic E-state index is 0.247. The first kappa shape index (κ1) is 9.96. The van der Waals surface area contributed by atoms with E-state index in [0.717, 1.165) is 19.7 Å². The summed E-state index contributed by atoms with van der Waals surface area (Å²) in [5, 5.41) is 9.38. The first-order chi connectivity index (χ1) is 5.61. The van der Waals surface area contributed by atoms with Crippen molar-refractivity contribution >= 4 is 0 Å². The van der Waals surface area contributed by atoms with E-state index in [4.69, 9.17) is 4.74 Å².